The molecular formula is C20H19FN4O4. The average molecular weight is 401 g/mol. The lowest BCUT2D eigenvalue weighted by molar-refractivity contribution is 0.0219. The fraction of sp³-hybridized carbons (Fsp3) is 0.200. The van der Waals surface area contributed by atoms with Crippen LogP contribution >= 0.6 is 0 Å². The maximum absolute atomic E-state index is 13.9. The van der Waals surface area contributed by atoms with Crippen molar-refractivity contribution in [1.82, 2.24) is 20.4 Å². The highest BCUT2D eigenvalue weighted by Crippen LogP contribution is 2.18. The Balaban J connectivity index is 1.62. The standard InChI is InChI=1S/C20H19FN4O4/c1-3-28-19-7-4-13(9-23-19)17-10-22-11-18(24-17)20(26)25-29-12-14-8-15(27-2)5-6-16(14)21/h4-11H,3,12H2,1-2H3,(H,25,26)/i2D3. The van der Waals surface area contributed by atoms with Crippen molar-refractivity contribution < 1.29 is 27.6 Å². The molecule has 150 valence electrons. The Morgan fingerprint density at radius 3 is 2.90 bits per heavy atom. The third kappa shape index (κ3) is 5.23. The zero-order valence-corrected chi connectivity index (χ0v) is 15.4. The number of aromatic nitrogens is 3. The van der Waals surface area contributed by atoms with Gasteiger partial charge in [-0.25, -0.2) is 19.8 Å². The van der Waals surface area contributed by atoms with Crippen LogP contribution in [0.2, 0.25) is 0 Å². The van der Waals surface area contributed by atoms with Crippen LogP contribution in [0.3, 0.4) is 0 Å². The molecule has 0 aliphatic carbocycles. The number of rotatable bonds is 8. The summed E-state index contributed by atoms with van der Waals surface area (Å²) in [6.07, 6.45) is 4.26. The molecule has 1 N–H and O–H groups in total. The summed E-state index contributed by atoms with van der Waals surface area (Å²) in [5, 5.41) is 0. The summed E-state index contributed by atoms with van der Waals surface area (Å²) in [7, 11) is -2.67. The van der Waals surface area contributed by atoms with Gasteiger partial charge in [-0.3, -0.25) is 14.6 Å². The number of hydrogen-bond donors (Lipinski definition) is 1. The quantitative estimate of drug-likeness (QED) is 0.580. The second kappa shape index (κ2) is 9.56. The van der Waals surface area contributed by atoms with Crippen LogP contribution in [0.5, 0.6) is 11.6 Å². The lowest BCUT2D eigenvalue weighted by atomic mass is 10.2. The largest absolute Gasteiger partial charge is 0.497 e. The summed E-state index contributed by atoms with van der Waals surface area (Å²) in [5.74, 6) is -0.943. The van der Waals surface area contributed by atoms with Crippen molar-refractivity contribution in [2.45, 2.75) is 13.5 Å². The number of nitrogens with zero attached hydrogens (tertiary/aromatic N) is 3. The summed E-state index contributed by atoms with van der Waals surface area (Å²) in [6, 6.07) is 6.81. The monoisotopic (exact) mass is 401 g/mol. The van der Waals surface area contributed by atoms with E-state index in [2.05, 4.69) is 20.4 Å². The van der Waals surface area contributed by atoms with Gasteiger partial charge in [0.15, 0.2) is 0 Å². The molecule has 1 amide bonds. The molecule has 0 bridgehead atoms. The lowest BCUT2D eigenvalue weighted by Gasteiger charge is -2.08. The van der Waals surface area contributed by atoms with Crippen molar-refractivity contribution in [3.63, 3.8) is 0 Å². The van der Waals surface area contributed by atoms with Crippen molar-refractivity contribution in [2.75, 3.05) is 13.6 Å². The van der Waals surface area contributed by atoms with Gasteiger partial charge in [-0.2, -0.15) is 0 Å². The third-order valence-corrected chi connectivity index (χ3v) is 3.72. The van der Waals surface area contributed by atoms with Crippen LogP contribution in [-0.2, 0) is 11.4 Å². The van der Waals surface area contributed by atoms with Crippen LogP contribution < -0.4 is 15.0 Å². The number of ether oxygens (including phenoxy) is 2. The number of carbonyl (C=O) groups excluding carboxylic acids is 1. The topological polar surface area (TPSA) is 95.5 Å². The molecule has 29 heavy (non-hydrogen) atoms. The van der Waals surface area contributed by atoms with Gasteiger partial charge in [0.1, 0.15) is 23.9 Å². The first kappa shape index (κ1) is 16.4. The summed E-state index contributed by atoms with van der Waals surface area (Å²) in [6.45, 7) is 1.97. The predicted molar refractivity (Wildman–Crippen MR) is 102 cm³/mol. The highest BCUT2D eigenvalue weighted by atomic mass is 19.1. The Morgan fingerprint density at radius 2 is 2.14 bits per heavy atom. The number of hydroxylamine groups is 1. The van der Waals surface area contributed by atoms with E-state index in [0.717, 1.165) is 6.07 Å². The normalized spacial score (nSPS) is 12.4. The van der Waals surface area contributed by atoms with Gasteiger partial charge in [0.05, 0.1) is 35.8 Å². The molecule has 1 aromatic carbocycles. The van der Waals surface area contributed by atoms with Crippen LogP contribution in [0.15, 0.2) is 48.9 Å². The number of methoxy groups -OCH3 is 1. The molecule has 0 radical (unpaired) electrons. The van der Waals surface area contributed by atoms with Crippen LogP contribution in [-0.4, -0.2) is 34.5 Å². The van der Waals surface area contributed by atoms with Crippen molar-refractivity contribution in [3.05, 3.63) is 66.0 Å². The summed E-state index contributed by atoms with van der Waals surface area (Å²) < 4.78 is 45.3. The molecule has 0 fully saturated rings. The van der Waals surface area contributed by atoms with Crippen molar-refractivity contribution >= 4 is 5.91 Å². The number of amides is 1. The van der Waals surface area contributed by atoms with E-state index in [1.807, 2.05) is 6.92 Å². The van der Waals surface area contributed by atoms with E-state index < -0.39 is 18.8 Å². The van der Waals surface area contributed by atoms with Gasteiger partial charge >= 0.3 is 0 Å². The highest BCUT2D eigenvalue weighted by molar-refractivity contribution is 5.91. The first-order valence-corrected chi connectivity index (χ1v) is 8.56. The highest BCUT2D eigenvalue weighted by Gasteiger charge is 2.12. The van der Waals surface area contributed by atoms with E-state index in [1.165, 1.54) is 24.5 Å². The molecule has 2 aromatic heterocycles. The first-order valence-electron chi connectivity index (χ1n) is 10.1. The molecule has 0 aliphatic rings. The summed E-state index contributed by atoms with van der Waals surface area (Å²) in [5.41, 5.74) is 3.15. The minimum Gasteiger partial charge on any atom is -0.497 e. The second-order valence-electron chi connectivity index (χ2n) is 5.68. The van der Waals surface area contributed by atoms with Gasteiger partial charge in [-0.05, 0) is 31.2 Å². The molecule has 3 rings (SSSR count). The molecule has 9 heteroatoms. The Labute approximate surface area is 170 Å². The molecule has 0 aliphatic heterocycles. The number of nitrogens with one attached hydrogen (secondary N) is 1. The Morgan fingerprint density at radius 1 is 1.24 bits per heavy atom. The van der Waals surface area contributed by atoms with E-state index in [4.69, 9.17) is 18.4 Å². The maximum Gasteiger partial charge on any atom is 0.295 e. The van der Waals surface area contributed by atoms with Gasteiger partial charge in [0.25, 0.3) is 5.91 Å². The lowest BCUT2D eigenvalue weighted by Crippen LogP contribution is -2.25. The number of benzene rings is 1. The predicted octanol–water partition coefficient (Wildman–Crippen LogP) is 2.95. The van der Waals surface area contributed by atoms with Crippen molar-refractivity contribution in [2.24, 2.45) is 0 Å². The minimum atomic E-state index is -2.67. The van der Waals surface area contributed by atoms with Crippen LogP contribution in [0, 0.1) is 5.82 Å². The SMILES string of the molecule is [2H]C([2H])([2H])Oc1ccc(F)c(CONC(=O)c2cncc(-c3ccc(OCC)nc3)n2)c1. The Bertz CT molecular complexity index is 1080. The third-order valence-electron chi connectivity index (χ3n) is 3.72. The molecule has 0 spiro atoms. The average Bonchev–Trinajstić information content (AvgIpc) is 2.76. The van der Waals surface area contributed by atoms with Crippen LogP contribution in [0.4, 0.5) is 4.39 Å². The smallest absolute Gasteiger partial charge is 0.295 e. The van der Waals surface area contributed by atoms with Gasteiger partial charge in [-0.1, -0.05) is 0 Å². The molecule has 2 heterocycles. The van der Waals surface area contributed by atoms with Gasteiger partial charge in [0.2, 0.25) is 5.88 Å². The van der Waals surface area contributed by atoms with E-state index in [-0.39, 0.29) is 23.6 Å². The van der Waals surface area contributed by atoms with Gasteiger partial charge in [0, 0.05) is 23.4 Å². The second-order valence-corrected chi connectivity index (χ2v) is 5.68. The molecule has 3 aromatic rings. The zero-order chi connectivity index (χ0) is 23.1. The number of pyridine rings is 1. The number of halogens is 1. The maximum atomic E-state index is 13.9. The van der Waals surface area contributed by atoms with E-state index in [1.54, 1.807) is 18.3 Å². The van der Waals surface area contributed by atoms with Crippen molar-refractivity contribution in [3.8, 4) is 22.9 Å². The number of hydrogen-bond acceptors (Lipinski definition) is 7. The molecule has 0 unspecified atom stereocenters. The van der Waals surface area contributed by atoms with E-state index in [0.29, 0.717) is 23.7 Å². The number of carbonyl (C=O) groups is 1. The Kier molecular flexibility index (Phi) is 5.40. The van der Waals surface area contributed by atoms with E-state index >= 15 is 0 Å². The molecular weight excluding hydrogens is 379 g/mol. The molecule has 0 saturated carbocycles. The van der Waals surface area contributed by atoms with Gasteiger partial charge in [-0.15, -0.1) is 0 Å². The zero-order valence-electron chi connectivity index (χ0n) is 18.4. The van der Waals surface area contributed by atoms with Crippen LogP contribution in [0.1, 0.15) is 27.1 Å². The van der Waals surface area contributed by atoms with E-state index in [9.17, 15) is 9.18 Å². The summed E-state index contributed by atoms with van der Waals surface area (Å²) >= 11 is 0. The summed E-state index contributed by atoms with van der Waals surface area (Å²) in [4.78, 5) is 29.8. The fourth-order valence-corrected chi connectivity index (χ4v) is 2.34. The first-order chi connectivity index (χ1) is 15.2. The van der Waals surface area contributed by atoms with Crippen LogP contribution in [0.25, 0.3) is 11.3 Å². The molecule has 8 nitrogen and oxygen atoms in total. The van der Waals surface area contributed by atoms with Gasteiger partial charge < -0.3 is 9.47 Å². The molecule has 0 saturated heterocycles. The Hall–Kier alpha value is -3.59. The van der Waals surface area contributed by atoms with Crippen molar-refractivity contribution in [1.29, 1.82) is 0 Å². The molecule has 0 atom stereocenters. The minimum absolute atomic E-state index is 0.00709. The fourth-order valence-electron chi connectivity index (χ4n) is 2.34.